The molecule has 1 aromatic carbocycles. The van der Waals surface area contributed by atoms with E-state index in [4.69, 9.17) is 14.6 Å². The highest BCUT2D eigenvalue weighted by Crippen LogP contribution is 2.31. The van der Waals surface area contributed by atoms with Gasteiger partial charge < -0.3 is 14.5 Å². The van der Waals surface area contributed by atoms with Crippen LogP contribution in [-0.4, -0.2) is 62.3 Å². The number of carbonyl (C=O) groups excluding carboxylic acids is 1. The van der Waals surface area contributed by atoms with Crippen molar-refractivity contribution in [3.63, 3.8) is 0 Å². The Balaban J connectivity index is 2.03. The van der Waals surface area contributed by atoms with Crippen LogP contribution in [0.3, 0.4) is 0 Å². The monoisotopic (exact) mass is 344 g/mol. The van der Waals surface area contributed by atoms with Gasteiger partial charge in [0.15, 0.2) is 0 Å². The zero-order valence-corrected chi connectivity index (χ0v) is 15.0. The second kappa shape index (κ2) is 7.25. The molecule has 3 rings (SSSR count). The van der Waals surface area contributed by atoms with Gasteiger partial charge in [-0.2, -0.15) is 10.1 Å². The molecule has 0 saturated carbocycles. The average Bonchev–Trinajstić information content (AvgIpc) is 2.99. The fourth-order valence-corrected chi connectivity index (χ4v) is 3.19. The largest absolute Gasteiger partial charge is 0.465 e. The van der Waals surface area contributed by atoms with Gasteiger partial charge in [-0.1, -0.05) is 18.2 Å². The summed E-state index contributed by atoms with van der Waals surface area (Å²) in [4.78, 5) is 12.7. The molecule has 2 aliphatic rings. The van der Waals surface area contributed by atoms with E-state index >= 15 is 0 Å². The topological polar surface area (TPSA) is 57.6 Å². The summed E-state index contributed by atoms with van der Waals surface area (Å²) < 4.78 is 10.9. The van der Waals surface area contributed by atoms with Crippen LogP contribution in [0.2, 0.25) is 0 Å². The number of anilines is 1. The van der Waals surface area contributed by atoms with Crippen LogP contribution >= 0.6 is 0 Å². The molecule has 0 unspecified atom stereocenters. The summed E-state index contributed by atoms with van der Waals surface area (Å²) >= 11 is 0. The van der Waals surface area contributed by atoms with Crippen LogP contribution in [0.5, 0.6) is 0 Å². The van der Waals surface area contributed by atoms with E-state index in [0.29, 0.717) is 18.9 Å². The molecular formula is C18H24N4O3. The van der Waals surface area contributed by atoms with Gasteiger partial charge in [-0.15, -0.1) is 0 Å². The van der Waals surface area contributed by atoms with Gasteiger partial charge in [-0.05, 0) is 19.1 Å². The Hall–Kier alpha value is -2.38. The summed E-state index contributed by atoms with van der Waals surface area (Å²) in [6.07, 6.45) is 1.50. The van der Waals surface area contributed by atoms with Crippen LogP contribution in [-0.2, 0) is 14.3 Å². The summed E-state index contributed by atoms with van der Waals surface area (Å²) in [6, 6.07) is 9.91. The first-order valence-electron chi connectivity index (χ1n) is 8.34. The SMILES string of the molecule is CCOC(=O)[C@H]1C2=NN(c3ccccc3)CC2=CN(C)N(C)[C@@H]1OC. The minimum Gasteiger partial charge on any atom is -0.465 e. The predicted molar refractivity (Wildman–Crippen MR) is 95.8 cm³/mol. The fraction of sp³-hybridized carbons (Fsp3) is 0.444. The number of rotatable bonds is 4. The van der Waals surface area contributed by atoms with E-state index < -0.39 is 12.1 Å². The Morgan fingerprint density at radius 3 is 2.64 bits per heavy atom. The Kier molecular flexibility index (Phi) is 5.06. The quantitative estimate of drug-likeness (QED) is 0.775. The molecule has 0 fully saturated rings. The summed E-state index contributed by atoms with van der Waals surface area (Å²) in [5, 5.41) is 10.4. The van der Waals surface area contributed by atoms with Crippen LogP contribution in [0.1, 0.15) is 6.92 Å². The van der Waals surface area contributed by atoms with Gasteiger partial charge in [0.25, 0.3) is 0 Å². The zero-order valence-electron chi connectivity index (χ0n) is 15.0. The molecular weight excluding hydrogens is 320 g/mol. The van der Waals surface area contributed by atoms with Gasteiger partial charge in [0.1, 0.15) is 12.1 Å². The molecule has 0 spiro atoms. The van der Waals surface area contributed by atoms with Crippen LogP contribution in [0.25, 0.3) is 0 Å². The maximum atomic E-state index is 12.7. The minimum absolute atomic E-state index is 0.319. The highest BCUT2D eigenvalue weighted by atomic mass is 16.5. The number of para-hydroxylation sites is 1. The van der Waals surface area contributed by atoms with E-state index in [9.17, 15) is 4.79 Å². The highest BCUT2D eigenvalue weighted by Gasteiger charge is 2.44. The third kappa shape index (κ3) is 3.25. The highest BCUT2D eigenvalue weighted by molar-refractivity contribution is 6.14. The van der Waals surface area contributed by atoms with Gasteiger partial charge in [-0.25, -0.2) is 0 Å². The lowest BCUT2D eigenvalue weighted by Crippen LogP contribution is -2.49. The maximum Gasteiger partial charge on any atom is 0.319 e. The van der Waals surface area contributed by atoms with Crippen molar-refractivity contribution < 1.29 is 14.3 Å². The Morgan fingerprint density at radius 2 is 2.00 bits per heavy atom. The zero-order chi connectivity index (χ0) is 18.0. The molecule has 0 saturated heterocycles. The molecule has 0 radical (unpaired) electrons. The van der Waals surface area contributed by atoms with E-state index in [1.54, 1.807) is 14.0 Å². The van der Waals surface area contributed by atoms with E-state index in [-0.39, 0.29) is 5.97 Å². The molecule has 7 heteroatoms. The van der Waals surface area contributed by atoms with Crippen LogP contribution < -0.4 is 5.01 Å². The number of fused-ring (bicyclic) bond motifs is 1. The molecule has 2 aliphatic heterocycles. The lowest BCUT2D eigenvalue weighted by molar-refractivity contribution is -0.164. The van der Waals surface area contributed by atoms with Crippen molar-refractivity contribution in [1.82, 2.24) is 10.0 Å². The predicted octanol–water partition coefficient (Wildman–Crippen LogP) is 1.69. The first-order chi connectivity index (χ1) is 12.1. The number of hydrazine groups is 1. The standard InChI is InChI=1S/C18H24N4O3/c1-5-25-18(23)15-16-13(11-20(2)21(3)17(15)24-4)12-22(19-16)14-9-7-6-8-10-14/h6-11,15,17H,5,12H2,1-4H3/t15-,17+/m0/s1. The second-order valence-corrected chi connectivity index (χ2v) is 6.04. The van der Waals surface area contributed by atoms with Crippen LogP contribution in [0, 0.1) is 5.92 Å². The third-order valence-electron chi connectivity index (χ3n) is 4.50. The molecule has 1 aromatic rings. The van der Waals surface area contributed by atoms with Crippen molar-refractivity contribution in [1.29, 1.82) is 0 Å². The molecule has 0 amide bonds. The van der Waals surface area contributed by atoms with E-state index in [1.807, 2.05) is 65.7 Å². The van der Waals surface area contributed by atoms with Crippen molar-refractivity contribution in [2.24, 2.45) is 11.0 Å². The third-order valence-corrected chi connectivity index (χ3v) is 4.50. The number of carbonyl (C=O) groups is 1. The first-order valence-corrected chi connectivity index (χ1v) is 8.34. The van der Waals surface area contributed by atoms with Crippen LogP contribution in [0.4, 0.5) is 5.69 Å². The van der Waals surface area contributed by atoms with Crippen molar-refractivity contribution in [2.75, 3.05) is 39.4 Å². The normalized spacial score (nSPS) is 23.7. The van der Waals surface area contributed by atoms with Gasteiger partial charge in [-0.3, -0.25) is 9.80 Å². The number of esters is 1. The second-order valence-electron chi connectivity index (χ2n) is 6.04. The van der Waals surface area contributed by atoms with Gasteiger partial charge in [0, 0.05) is 33.0 Å². The molecule has 25 heavy (non-hydrogen) atoms. The lowest BCUT2D eigenvalue weighted by Gasteiger charge is -2.34. The number of hydrazone groups is 1. The fourth-order valence-electron chi connectivity index (χ4n) is 3.19. The summed E-state index contributed by atoms with van der Waals surface area (Å²) in [5.41, 5.74) is 2.66. The van der Waals surface area contributed by atoms with E-state index in [2.05, 4.69) is 0 Å². The number of hydrogen-bond donors (Lipinski definition) is 0. The molecule has 0 aliphatic carbocycles. The average molecular weight is 344 g/mol. The molecule has 2 heterocycles. The van der Waals surface area contributed by atoms with Crippen molar-refractivity contribution in [2.45, 2.75) is 13.2 Å². The van der Waals surface area contributed by atoms with Gasteiger partial charge in [0.05, 0.1) is 24.6 Å². The van der Waals surface area contributed by atoms with Crippen molar-refractivity contribution in [3.05, 3.63) is 42.1 Å². The number of hydrogen-bond acceptors (Lipinski definition) is 7. The number of methoxy groups -OCH3 is 1. The molecule has 134 valence electrons. The maximum absolute atomic E-state index is 12.7. The minimum atomic E-state index is -0.611. The number of nitrogens with zero attached hydrogens (tertiary/aromatic N) is 4. The Bertz CT molecular complexity index is 689. The molecule has 0 bridgehead atoms. The number of ether oxygens (including phenoxy) is 2. The number of benzene rings is 1. The summed E-state index contributed by atoms with van der Waals surface area (Å²) in [6.45, 7) is 2.72. The van der Waals surface area contributed by atoms with Crippen LogP contribution in [0.15, 0.2) is 47.2 Å². The molecule has 2 atom stereocenters. The Labute approximate surface area is 148 Å². The lowest BCUT2D eigenvalue weighted by atomic mass is 9.96. The van der Waals surface area contributed by atoms with E-state index in [1.165, 1.54) is 0 Å². The van der Waals surface area contributed by atoms with Crippen molar-refractivity contribution in [3.8, 4) is 0 Å². The molecule has 0 N–H and O–H groups in total. The van der Waals surface area contributed by atoms with Crippen molar-refractivity contribution >= 4 is 17.4 Å². The first kappa shape index (κ1) is 17.4. The molecule has 7 nitrogen and oxygen atoms in total. The van der Waals surface area contributed by atoms with Gasteiger partial charge >= 0.3 is 5.97 Å². The van der Waals surface area contributed by atoms with E-state index in [0.717, 1.165) is 11.3 Å². The summed E-state index contributed by atoms with van der Waals surface area (Å²) in [7, 11) is 5.40. The molecule has 0 aromatic heterocycles. The van der Waals surface area contributed by atoms with Gasteiger partial charge in [0.2, 0.25) is 0 Å². The summed E-state index contributed by atoms with van der Waals surface area (Å²) in [5.74, 6) is -0.934. The smallest absolute Gasteiger partial charge is 0.319 e. The Morgan fingerprint density at radius 1 is 1.28 bits per heavy atom.